The van der Waals surface area contributed by atoms with Crippen LogP contribution in [0.4, 0.5) is 27.6 Å². The number of carbonyl (C=O) groups excluding carboxylic acids is 2. The largest absolute Gasteiger partial charge is 0.416 e. The molecule has 8 nitrogen and oxygen atoms in total. The Bertz CT molecular complexity index is 1690. The molecule has 0 radical (unpaired) electrons. The maximum atomic E-state index is 14.2. The van der Waals surface area contributed by atoms with Gasteiger partial charge in [0, 0.05) is 46.1 Å². The molecule has 0 bridgehead atoms. The summed E-state index contributed by atoms with van der Waals surface area (Å²) in [5.41, 5.74) is -2.05. The maximum Gasteiger partial charge on any atom is 0.416 e. The molecule has 42 heavy (non-hydrogen) atoms. The van der Waals surface area contributed by atoms with Gasteiger partial charge >= 0.3 is 6.18 Å². The van der Waals surface area contributed by atoms with Crippen LogP contribution >= 0.6 is 11.6 Å². The molecule has 5 rings (SSSR count). The van der Waals surface area contributed by atoms with Crippen LogP contribution in [0, 0.1) is 11.6 Å². The molecular formula is C27H21ClF5N3O5S. The van der Waals surface area contributed by atoms with Gasteiger partial charge in [-0.2, -0.15) is 17.5 Å². The molecule has 2 N–H and O–H groups in total. The normalized spacial score (nSPS) is 17.6. The van der Waals surface area contributed by atoms with E-state index in [-0.39, 0.29) is 65.3 Å². The van der Waals surface area contributed by atoms with E-state index in [2.05, 4.69) is 10.6 Å². The Balaban J connectivity index is 1.60. The number of rotatable bonds is 6. The fourth-order valence-electron chi connectivity index (χ4n) is 4.85. The summed E-state index contributed by atoms with van der Waals surface area (Å²) in [6.45, 7) is 0.602. The van der Waals surface area contributed by atoms with E-state index in [0.29, 0.717) is 12.1 Å². The SMILES string of the molecule is O=C(Nc1cc(CS(=O)(=O)N2CCOCC2)cc2c1C(c1cc(F)ccc1Cl)NC2=O)c1cc(F)cc(C(F)(F)F)c1. The molecule has 2 aliphatic heterocycles. The lowest BCUT2D eigenvalue weighted by atomic mass is 9.94. The standard InChI is InChI=1S/C27H21ClF5N3O5S/c28-21-2-1-17(29)12-19(21)24-23-20(26(38)35-24)7-14(13-42(39,40)36-3-5-41-6-4-36)8-22(23)34-25(37)15-9-16(27(31,32)33)11-18(30)10-15/h1-2,7-12,24H,3-6,13H2,(H,34,37)(H,35,38). The highest BCUT2D eigenvalue weighted by Gasteiger charge is 2.36. The van der Waals surface area contributed by atoms with E-state index >= 15 is 0 Å². The summed E-state index contributed by atoms with van der Waals surface area (Å²) in [7, 11) is -3.91. The minimum atomic E-state index is -4.94. The van der Waals surface area contributed by atoms with E-state index in [9.17, 15) is 40.0 Å². The summed E-state index contributed by atoms with van der Waals surface area (Å²) in [6.07, 6.45) is -4.94. The molecule has 1 fully saturated rings. The van der Waals surface area contributed by atoms with Crippen LogP contribution < -0.4 is 10.6 Å². The summed E-state index contributed by atoms with van der Waals surface area (Å²) < 4.78 is 101. The van der Waals surface area contributed by atoms with Gasteiger partial charge in [-0.1, -0.05) is 11.6 Å². The fraction of sp³-hybridized carbons (Fsp3) is 0.259. The Morgan fingerprint density at radius 1 is 1.05 bits per heavy atom. The fourth-order valence-corrected chi connectivity index (χ4v) is 6.56. The van der Waals surface area contributed by atoms with Crippen molar-refractivity contribution < 1.29 is 44.7 Å². The number of morpholine rings is 1. The lowest BCUT2D eigenvalue weighted by Gasteiger charge is -2.26. The lowest BCUT2D eigenvalue weighted by Crippen LogP contribution is -2.41. The van der Waals surface area contributed by atoms with Crippen LogP contribution in [0.1, 0.15) is 49.0 Å². The number of benzene rings is 3. The molecule has 0 aliphatic carbocycles. The molecule has 3 aromatic carbocycles. The van der Waals surface area contributed by atoms with Crippen LogP contribution in [-0.2, 0) is 26.7 Å². The van der Waals surface area contributed by atoms with Crippen LogP contribution in [0.3, 0.4) is 0 Å². The predicted molar refractivity (Wildman–Crippen MR) is 142 cm³/mol. The minimum absolute atomic E-state index is 0.0609. The van der Waals surface area contributed by atoms with Gasteiger partial charge in [0.25, 0.3) is 11.8 Å². The van der Waals surface area contributed by atoms with Gasteiger partial charge in [0.2, 0.25) is 10.0 Å². The van der Waals surface area contributed by atoms with Crippen LogP contribution in [0.25, 0.3) is 0 Å². The first-order valence-corrected chi connectivity index (χ1v) is 14.4. The number of nitrogens with one attached hydrogen (secondary N) is 2. The molecule has 222 valence electrons. The van der Waals surface area contributed by atoms with Crippen LogP contribution in [0.15, 0.2) is 48.5 Å². The van der Waals surface area contributed by atoms with Crippen LogP contribution in [0.2, 0.25) is 5.02 Å². The van der Waals surface area contributed by atoms with Gasteiger partial charge in [0.1, 0.15) is 11.6 Å². The smallest absolute Gasteiger partial charge is 0.379 e. The number of nitrogens with zero attached hydrogens (tertiary/aromatic N) is 1. The molecule has 0 spiro atoms. The van der Waals surface area contributed by atoms with E-state index in [1.165, 1.54) is 22.5 Å². The zero-order valence-electron chi connectivity index (χ0n) is 21.4. The molecule has 2 heterocycles. The molecule has 2 amide bonds. The molecule has 2 aliphatic rings. The summed E-state index contributed by atoms with van der Waals surface area (Å²) in [4.78, 5) is 26.2. The number of hydrogen-bond acceptors (Lipinski definition) is 5. The molecule has 3 aromatic rings. The first-order chi connectivity index (χ1) is 19.7. The number of amides is 2. The van der Waals surface area contributed by atoms with Gasteiger partial charge in [-0.25, -0.2) is 17.2 Å². The second kappa shape index (κ2) is 11.2. The predicted octanol–water partition coefficient (Wildman–Crippen LogP) is 4.88. The highest BCUT2D eigenvalue weighted by atomic mass is 35.5. The summed E-state index contributed by atoms with van der Waals surface area (Å²) in [5, 5.41) is 5.08. The van der Waals surface area contributed by atoms with Crippen molar-refractivity contribution in [3.8, 4) is 0 Å². The third kappa shape index (κ3) is 6.11. The van der Waals surface area contributed by atoms with Crippen LogP contribution in [0.5, 0.6) is 0 Å². The monoisotopic (exact) mass is 629 g/mol. The third-order valence-electron chi connectivity index (χ3n) is 6.77. The summed E-state index contributed by atoms with van der Waals surface area (Å²) in [6, 6.07) is 6.13. The van der Waals surface area contributed by atoms with Crippen molar-refractivity contribution in [3.05, 3.63) is 98.6 Å². The van der Waals surface area contributed by atoms with Gasteiger partial charge < -0.3 is 15.4 Å². The minimum Gasteiger partial charge on any atom is -0.379 e. The molecule has 15 heteroatoms. The van der Waals surface area contributed by atoms with Gasteiger partial charge in [0.15, 0.2) is 0 Å². The molecule has 1 atom stereocenters. The van der Waals surface area contributed by atoms with Crippen molar-refractivity contribution in [2.75, 3.05) is 31.6 Å². The summed E-state index contributed by atoms with van der Waals surface area (Å²) >= 11 is 6.28. The zero-order valence-corrected chi connectivity index (χ0v) is 23.0. The highest BCUT2D eigenvalue weighted by Crippen LogP contribution is 2.41. The number of fused-ring (bicyclic) bond motifs is 1. The second-order valence-corrected chi connectivity index (χ2v) is 12.0. The van der Waals surface area contributed by atoms with Crippen molar-refractivity contribution in [1.29, 1.82) is 0 Å². The summed E-state index contributed by atoms with van der Waals surface area (Å²) in [5.74, 6) is -4.44. The third-order valence-corrected chi connectivity index (χ3v) is 8.96. The Morgan fingerprint density at radius 3 is 2.45 bits per heavy atom. The first-order valence-electron chi connectivity index (χ1n) is 12.4. The van der Waals surface area contributed by atoms with Crippen molar-refractivity contribution in [3.63, 3.8) is 0 Å². The Morgan fingerprint density at radius 2 is 1.76 bits per heavy atom. The van der Waals surface area contributed by atoms with Crippen molar-refractivity contribution >= 4 is 39.1 Å². The maximum absolute atomic E-state index is 14.2. The average Bonchev–Trinajstić information content (AvgIpc) is 3.25. The van der Waals surface area contributed by atoms with Crippen molar-refractivity contribution in [1.82, 2.24) is 9.62 Å². The lowest BCUT2D eigenvalue weighted by molar-refractivity contribution is -0.137. The van der Waals surface area contributed by atoms with Crippen LogP contribution in [-0.4, -0.2) is 50.8 Å². The number of sulfonamides is 1. The topological polar surface area (TPSA) is 105 Å². The van der Waals surface area contributed by atoms with Crippen molar-refractivity contribution in [2.45, 2.75) is 18.0 Å². The van der Waals surface area contributed by atoms with Crippen molar-refractivity contribution in [2.24, 2.45) is 0 Å². The van der Waals surface area contributed by atoms with Gasteiger partial charge in [-0.05, 0) is 54.1 Å². The van der Waals surface area contributed by atoms with E-state index in [1.54, 1.807) is 0 Å². The number of carbonyl (C=O) groups is 2. The molecule has 1 saturated heterocycles. The number of hydrogen-bond donors (Lipinski definition) is 2. The quantitative estimate of drug-likeness (QED) is 0.378. The Labute approximate surface area is 241 Å². The van der Waals surface area contributed by atoms with E-state index in [1.807, 2.05) is 0 Å². The number of alkyl halides is 3. The molecule has 1 unspecified atom stereocenters. The van der Waals surface area contributed by atoms with E-state index in [0.717, 1.165) is 12.1 Å². The Kier molecular flexibility index (Phi) is 8.00. The zero-order chi connectivity index (χ0) is 30.4. The van der Waals surface area contributed by atoms with Gasteiger partial charge in [0.05, 0.1) is 30.6 Å². The Hall–Kier alpha value is -3.59. The number of anilines is 1. The molecular weight excluding hydrogens is 609 g/mol. The van der Waals surface area contributed by atoms with Gasteiger partial charge in [-0.15, -0.1) is 0 Å². The number of ether oxygens (including phenoxy) is 1. The second-order valence-electron chi connectivity index (χ2n) is 9.63. The van der Waals surface area contributed by atoms with Gasteiger partial charge in [-0.3, -0.25) is 9.59 Å². The number of halogens is 6. The molecule has 0 aromatic heterocycles. The highest BCUT2D eigenvalue weighted by molar-refractivity contribution is 7.88. The van der Waals surface area contributed by atoms with E-state index < -0.39 is 62.6 Å². The van der Waals surface area contributed by atoms with E-state index in [4.69, 9.17) is 16.3 Å². The molecule has 0 saturated carbocycles. The average molecular weight is 630 g/mol. The first kappa shape index (κ1) is 29.9.